The Morgan fingerprint density at radius 3 is 2.59 bits per heavy atom. The molecule has 1 aliphatic heterocycles. The number of benzene rings is 2. The molecule has 142 valence electrons. The smallest absolute Gasteiger partial charge is 0.244 e. The second kappa shape index (κ2) is 8.58. The molecule has 0 saturated carbocycles. The molecule has 6 nitrogen and oxygen atoms in total. The highest BCUT2D eigenvalue weighted by atomic mass is 16.5. The van der Waals surface area contributed by atoms with Gasteiger partial charge in [-0.05, 0) is 50.1 Å². The molecule has 0 radical (unpaired) electrons. The summed E-state index contributed by atoms with van der Waals surface area (Å²) in [4.78, 5) is 26.2. The molecular weight excluding hydrogens is 344 g/mol. The van der Waals surface area contributed by atoms with Gasteiger partial charge in [0.1, 0.15) is 6.54 Å². The molecule has 27 heavy (non-hydrogen) atoms. The van der Waals surface area contributed by atoms with Gasteiger partial charge in [0.2, 0.25) is 11.8 Å². The van der Waals surface area contributed by atoms with Crippen molar-refractivity contribution in [3.05, 3.63) is 48.0 Å². The number of hydrogen-bond acceptors (Lipinski definition) is 4. The minimum absolute atomic E-state index is 0.0450. The Labute approximate surface area is 159 Å². The molecule has 1 N–H and O–H groups in total. The van der Waals surface area contributed by atoms with E-state index < -0.39 is 0 Å². The molecule has 2 aromatic rings. The summed E-state index contributed by atoms with van der Waals surface area (Å²) in [7, 11) is 0. The molecule has 0 unspecified atom stereocenters. The van der Waals surface area contributed by atoms with E-state index >= 15 is 0 Å². The Morgan fingerprint density at radius 1 is 1.07 bits per heavy atom. The van der Waals surface area contributed by atoms with Crippen LogP contribution in [0.15, 0.2) is 42.5 Å². The number of fused-ring (bicyclic) bond motifs is 1. The van der Waals surface area contributed by atoms with E-state index in [-0.39, 0.29) is 18.4 Å². The third kappa shape index (κ3) is 4.39. The van der Waals surface area contributed by atoms with Crippen molar-refractivity contribution in [3.63, 3.8) is 0 Å². The molecular formula is C21H24N2O4. The van der Waals surface area contributed by atoms with Crippen molar-refractivity contribution in [1.29, 1.82) is 0 Å². The Bertz CT molecular complexity index is 835. The number of amides is 2. The Balaban J connectivity index is 1.71. The zero-order chi connectivity index (χ0) is 19.2. The number of carbonyl (C=O) groups is 2. The Hall–Kier alpha value is -3.02. The average Bonchev–Trinajstić information content (AvgIpc) is 2.67. The first-order valence-electron chi connectivity index (χ1n) is 9.20. The fraction of sp³-hybridized carbons (Fsp3) is 0.333. The number of anilines is 2. The van der Waals surface area contributed by atoms with Gasteiger partial charge >= 0.3 is 0 Å². The first-order valence-corrected chi connectivity index (χ1v) is 9.20. The van der Waals surface area contributed by atoms with Crippen LogP contribution in [-0.4, -0.2) is 31.6 Å². The molecule has 0 spiro atoms. The minimum atomic E-state index is -0.179. The number of hydrogen-bond donors (Lipinski definition) is 1. The lowest BCUT2D eigenvalue weighted by Gasteiger charge is -2.29. The maximum atomic E-state index is 12.7. The molecule has 3 rings (SSSR count). The summed E-state index contributed by atoms with van der Waals surface area (Å²) in [5.74, 6) is 1.13. The zero-order valence-electron chi connectivity index (χ0n) is 15.7. The maximum Gasteiger partial charge on any atom is 0.244 e. The fourth-order valence-corrected chi connectivity index (χ4v) is 3.09. The summed E-state index contributed by atoms with van der Waals surface area (Å²) < 4.78 is 11.2. The van der Waals surface area contributed by atoms with Gasteiger partial charge in [-0.15, -0.1) is 0 Å². The molecule has 0 atom stereocenters. The van der Waals surface area contributed by atoms with Gasteiger partial charge in [0.25, 0.3) is 0 Å². The molecule has 0 aromatic heterocycles. The fourth-order valence-electron chi connectivity index (χ4n) is 3.09. The van der Waals surface area contributed by atoms with E-state index in [1.165, 1.54) is 0 Å². The van der Waals surface area contributed by atoms with Crippen LogP contribution in [0.4, 0.5) is 11.4 Å². The van der Waals surface area contributed by atoms with E-state index in [0.717, 1.165) is 11.3 Å². The molecule has 0 saturated heterocycles. The number of para-hydroxylation sites is 2. The normalized spacial score (nSPS) is 13.0. The first-order chi connectivity index (χ1) is 13.1. The predicted octanol–water partition coefficient (Wildman–Crippen LogP) is 3.40. The van der Waals surface area contributed by atoms with Crippen molar-refractivity contribution in [1.82, 2.24) is 0 Å². The highest BCUT2D eigenvalue weighted by Crippen LogP contribution is 2.31. The molecule has 0 bridgehead atoms. The second-order valence-electron chi connectivity index (χ2n) is 6.19. The lowest BCUT2D eigenvalue weighted by atomic mass is 10.1. The molecule has 0 fully saturated rings. The minimum Gasteiger partial charge on any atom is -0.490 e. The number of rotatable bonds is 7. The summed E-state index contributed by atoms with van der Waals surface area (Å²) >= 11 is 0. The lowest BCUT2D eigenvalue weighted by Crippen LogP contribution is -2.42. The summed E-state index contributed by atoms with van der Waals surface area (Å²) in [5.41, 5.74) is 2.40. The van der Waals surface area contributed by atoms with E-state index in [2.05, 4.69) is 5.32 Å². The number of nitrogens with one attached hydrogen (secondary N) is 1. The molecule has 0 aliphatic carbocycles. The van der Waals surface area contributed by atoms with Crippen LogP contribution in [0.1, 0.15) is 25.8 Å². The van der Waals surface area contributed by atoms with E-state index in [9.17, 15) is 9.59 Å². The third-order valence-corrected chi connectivity index (χ3v) is 4.31. The van der Waals surface area contributed by atoms with Crippen LogP contribution in [0.5, 0.6) is 11.5 Å². The van der Waals surface area contributed by atoms with Crippen LogP contribution in [0.25, 0.3) is 0 Å². The molecule has 1 aliphatic rings. The van der Waals surface area contributed by atoms with Gasteiger partial charge in [-0.3, -0.25) is 9.59 Å². The highest BCUT2D eigenvalue weighted by Gasteiger charge is 2.26. The molecule has 1 heterocycles. The summed E-state index contributed by atoms with van der Waals surface area (Å²) in [5, 5.41) is 2.79. The van der Waals surface area contributed by atoms with Crippen molar-refractivity contribution in [2.45, 2.75) is 26.7 Å². The van der Waals surface area contributed by atoms with Gasteiger partial charge in [-0.1, -0.05) is 18.2 Å². The second-order valence-corrected chi connectivity index (χ2v) is 6.19. The van der Waals surface area contributed by atoms with Crippen molar-refractivity contribution in [3.8, 4) is 11.5 Å². The maximum absolute atomic E-state index is 12.7. The average molecular weight is 368 g/mol. The van der Waals surface area contributed by atoms with Gasteiger partial charge in [0.15, 0.2) is 11.5 Å². The number of nitrogens with zero attached hydrogens (tertiary/aromatic N) is 1. The van der Waals surface area contributed by atoms with Crippen molar-refractivity contribution in [2.75, 3.05) is 30.0 Å². The first kappa shape index (κ1) is 18.8. The topological polar surface area (TPSA) is 67.9 Å². The number of carbonyl (C=O) groups excluding carboxylic acids is 2. The van der Waals surface area contributed by atoms with Gasteiger partial charge in [-0.2, -0.15) is 0 Å². The summed E-state index contributed by atoms with van der Waals surface area (Å²) in [6.45, 7) is 5.00. The molecule has 6 heteroatoms. The van der Waals surface area contributed by atoms with Crippen molar-refractivity contribution < 1.29 is 19.1 Å². The van der Waals surface area contributed by atoms with Gasteiger partial charge < -0.3 is 19.7 Å². The number of ether oxygens (including phenoxy) is 2. The van der Waals surface area contributed by atoms with Gasteiger partial charge in [0, 0.05) is 6.42 Å². The van der Waals surface area contributed by atoms with E-state index in [1.807, 2.05) is 50.2 Å². The van der Waals surface area contributed by atoms with Crippen LogP contribution >= 0.6 is 0 Å². The van der Waals surface area contributed by atoms with Crippen LogP contribution in [-0.2, 0) is 16.0 Å². The van der Waals surface area contributed by atoms with Crippen LogP contribution in [0.2, 0.25) is 0 Å². The van der Waals surface area contributed by atoms with Gasteiger partial charge in [-0.25, -0.2) is 0 Å². The molecule has 2 amide bonds. The zero-order valence-corrected chi connectivity index (χ0v) is 15.7. The monoisotopic (exact) mass is 368 g/mol. The Morgan fingerprint density at radius 2 is 1.81 bits per heavy atom. The van der Waals surface area contributed by atoms with Crippen LogP contribution in [0.3, 0.4) is 0 Å². The van der Waals surface area contributed by atoms with Crippen LogP contribution < -0.4 is 19.7 Å². The largest absolute Gasteiger partial charge is 0.490 e. The predicted molar refractivity (Wildman–Crippen MR) is 105 cm³/mol. The number of aryl methyl sites for hydroxylation is 1. The van der Waals surface area contributed by atoms with Crippen LogP contribution in [0, 0.1) is 0 Å². The highest BCUT2D eigenvalue weighted by molar-refractivity contribution is 6.09. The van der Waals surface area contributed by atoms with Gasteiger partial charge in [0.05, 0.1) is 24.6 Å². The van der Waals surface area contributed by atoms with E-state index in [1.54, 1.807) is 11.0 Å². The standard InChI is InChI=1S/C21H24N2O4/c1-3-26-18-11-9-15(13-19(18)27-4-2)10-12-21(25)23-14-20(24)22-16-7-5-6-8-17(16)23/h5-9,11,13H,3-4,10,12,14H2,1-2H3,(H,22,24). The third-order valence-electron chi connectivity index (χ3n) is 4.31. The van der Waals surface area contributed by atoms with E-state index in [0.29, 0.717) is 43.2 Å². The lowest BCUT2D eigenvalue weighted by molar-refractivity contribution is -0.121. The summed E-state index contributed by atoms with van der Waals surface area (Å²) in [6.07, 6.45) is 0.868. The van der Waals surface area contributed by atoms with E-state index in [4.69, 9.17) is 9.47 Å². The quantitative estimate of drug-likeness (QED) is 0.813. The SMILES string of the molecule is CCOc1ccc(CCC(=O)N2CC(=O)Nc3ccccc32)cc1OCC. The van der Waals surface area contributed by atoms with Crippen molar-refractivity contribution in [2.24, 2.45) is 0 Å². The Kier molecular flexibility index (Phi) is 5.96. The van der Waals surface area contributed by atoms with Crippen molar-refractivity contribution >= 4 is 23.2 Å². The molecule has 2 aromatic carbocycles. The summed E-state index contributed by atoms with van der Waals surface area (Å²) in [6, 6.07) is 13.1.